The highest BCUT2D eigenvalue weighted by Gasteiger charge is 2.29. The average molecular weight is 471 g/mol. The minimum atomic E-state index is -3.64. The molecule has 174 valence electrons. The van der Waals surface area contributed by atoms with Crippen LogP contribution in [-0.2, 0) is 16.6 Å². The van der Waals surface area contributed by atoms with Gasteiger partial charge in [-0.25, -0.2) is 13.4 Å². The van der Waals surface area contributed by atoms with E-state index in [1.165, 1.54) is 4.31 Å². The lowest BCUT2D eigenvalue weighted by atomic mass is 10.3. The molecule has 5 rings (SSSR count). The molecule has 0 saturated carbocycles. The second-order valence-electron chi connectivity index (χ2n) is 8.36. The Morgan fingerprint density at radius 2 is 1.73 bits per heavy atom. The minimum Gasteiger partial charge on any atom is -0.490 e. The van der Waals surface area contributed by atoms with Gasteiger partial charge in [0.15, 0.2) is 11.5 Å². The van der Waals surface area contributed by atoms with Gasteiger partial charge in [-0.05, 0) is 30.7 Å². The zero-order valence-corrected chi connectivity index (χ0v) is 19.3. The lowest BCUT2D eigenvalue weighted by Crippen LogP contribution is -2.48. The first-order valence-corrected chi connectivity index (χ1v) is 12.5. The SMILES string of the molecule is Cc1ccc2nc(CN3CCN(S(=O)(=O)c4ccc5c(c4)OCCCO5)CC3)cc(=O)n2c1. The van der Waals surface area contributed by atoms with Gasteiger partial charge < -0.3 is 9.47 Å². The number of pyridine rings is 1. The Bertz CT molecular complexity index is 1350. The molecule has 0 atom stereocenters. The Hall–Kier alpha value is -2.95. The third-order valence-electron chi connectivity index (χ3n) is 5.93. The van der Waals surface area contributed by atoms with Gasteiger partial charge >= 0.3 is 0 Å². The van der Waals surface area contributed by atoms with Crippen LogP contribution in [0.4, 0.5) is 0 Å². The molecule has 1 fully saturated rings. The minimum absolute atomic E-state index is 0.116. The molecule has 2 aliphatic rings. The Morgan fingerprint density at radius 3 is 2.52 bits per heavy atom. The molecule has 10 heteroatoms. The van der Waals surface area contributed by atoms with Gasteiger partial charge in [0.1, 0.15) is 5.65 Å². The van der Waals surface area contributed by atoms with Crippen molar-refractivity contribution in [3.8, 4) is 11.5 Å². The molecule has 2 aliphatic heterocycles. The van der Waals surface area contributed by atoms with Crippen molar-refractivity contribution in [1.29, 1.82) is 0 Å². The molecule has 0 N–H and O–H groups in total. The van der Waals surface area contributed by atoms with Crippen LogP contribution >= 0.6 is 0 Å². The van der Waals surface area contributed by atoms with Crippen molar-refractivity contribution in [2.24, 2.45) is 0 Å². The van der Waals surface area contributed by atoms with E-state index in [1.54, 1.807) is 34.9 Å². The molecule has 3 aromatic rings. The van der Waals surface area contributed by atoms with Crippen molar-refractivity contribution < 1.29 is 17.9 Å². The highest BCUT2D eigenvalue weighted by atomic mass is 32.2. The van der Waals surface area contributed by atoms with E-state index in [9.17, 15) is 13.2 Å². The Kier molecular flexibility index (Phi) is 5.81. The van der Waals surface area contributed by atoms with Crippen LogP contribution < -0.4 is 15.0 Å². The molecule has 0 spiro atoms. The van der Waals surface area contributed by atoms with Crippen LogP contribution in [0.1, 0.15) is 17.7 Å². The topological polar surface area (TPSA) is 93.5 Å². The lowest BCUT2D eigenvalue weighted by Gasteiger charge is -2.33. The number of hydrogen-bond acceptors (Lipinski definition) is 7. The number of aryl methyl sites for hydroxylation is 1. The number of rotatable bonds is 4. The number of benzene rings is 1. The second kappa shape index (κ2) is 8.77. The predicted octanol–water partition coefficient (Wildman–Crippen LogP) is 1.67. The van der Waals surface area contributed by atoms with Gasteiger partial charge in [-0.1, -0.05) is 6.07 Å². The smallest absolute Gasteiger partial charge is 0.258 e. The normalized spacial score (nSPS) is 17.7. The van der Waals surface area contributed by atoms with Gasteiger partial charge in [-0.15, -0.1) is 0 Å². The summed E-state index contributed by atoms with van der Waals surface area (Å²) in [6, 6.07) is 10.1. The first-order valence-electron chi connectivity index (χ1n) is 11.0. The fourth-order valence-electron chi connectivity index (χ4n) is 4.15. The molecule has 0 bridgehead atoms. The molecule has 0 amide bonds. The average Bonchev–Trinajstić information content (AvgIpc) is 3.05. The van der Waals surface area contributed by atoms with Gasteiger partial charge in [0, 0.05) is 57.5 Å². The zero-order valence-electron chi connectivity index (χ0n) is 18.4. The van der Waals surface area contributed by atoms with Gasteiger partial charge in [-0.3, -0.25) is 14.1 Å². The quantitative estimate of drug-likeness (QED) is 0.573. The van der Waals surface area contributed by atoms with Crippen molar-refractivity contribution in [3.05, 3.63) is 64.2 Å². The maximum absolute atomic E-state index is 13.2. The first kappa shape index (κ1) is 21.9. The van der Waals surface area contributed by atoms with Crippen LogP contribution in [-0.4, -0.2) is 66.4 Å². The Balaban J connectivity index is 1.27. The summed E-state index contributed by atoms with van der Waals surface area (Å²) in [5.41, 5.74) is 2.17. The van der Waals surface area contributed by atoms with Gasteiger partial charge in [-0.2, -0.15) is 4.31 Å². The number of aromatic nitrogens is 2. The highest BCUT2D eigenvalue weighted by Crippen LogP contribution is 2.33. The summed E-state index contributed by atoms with van der Waals surface area (Å²) >= 11 is 0. The first-order chi connectivity index (χ1) is 15.9. The number of hydrogen-bond donors (Lipinski definition) is 0. The summed E-state index contributed by atoms with van der Waals surface area (Å²) in [4.78, 5) is 19.4. The molecule has 1 aromatic carbocycles. The fourth-order valence-corrected chi connectivity index (χ4v) is 5.59. The standard InChI is InChI=1S/C23H26N4O5S/c1-17-3-6-22-24-18(13-23(28)27(22)15-17)16-25-7-9-26(10-8-25)33(29,30)19-4-5-20-21(14-19)32-12-2-11-31-20/h3-6,13-15H,2,7-12,16H2,1H3. The number of sulfonamides is 1. The van der Waals surface area contributed by atoms with Crippen molar-refractivity contribution in [2.45, 2.75) is 24.8 Å². The summed E-state index contributed by atoms with van der Waals surface area (Å²) in [5, 5.41) is 0. The number of ether oxygens (including phenoxy) is 2. The monoisotopic (exact) mass is 470 g/mol. The molecule has 33 heavy (non-hydrogen) atoms. The van der Waals surface area contributed by atoms with Gasteiger partial charge in [0.25, 0.3) is 5.56 Å². The van der Waals surface area contributed by atoms with Crippen LogP contribution in [0.2, 0.25) is 0 Å². The van der Waals surface area contributed by atoms with E-state index in [4.69, 9.17) is 9.47 Å². The van der Waals surface area contributed by atoms with E-state index in [2.05, 4.69) is 9.88 Å². The molecule has 0 unspecified atom stereocenters. The van der Waals surface area contributed by atoms with E-state index < -0.39 is 10.0 Å². The molecule has 0 radical (unpaired) electrons. The van der Waals surface area contributed by atoms with Crippen molar-refractivity contribution in [2.75, 3.05) is 39.4 Å². The number of nitrogens with zero attached hydrogens (tertiary/aromatic N) is 4. The van der Waals surface area contributed by atoms with Gasteiger partial charge in [0.05, 0.1) is 23.8 Å². The number of fused-ring (bicyclic) bond motifs is 2. The van der Waals surface area contributed by atoms with Crippen molar-refractivity contribution in [1.82, 2.24) is 18.6 Å². The third-order valence-corrected chi connectivity index (χ3v) is 7.83. The van der Waals surface area contributed by atoms with E-state index in [1.807, 2.05) is 19.1 Å². The van der Waals surface area contributed by atoms with Gasteiger partial charge in [0.2, 0.25) is 10.0 Å². The maximum Gasteiger partial charge on any atom is 0.258 e. The highest BCUT2D eigenvalue weighted by molar-refractivity contribution is 7.89. The van der Waals surface area contributed by atoms with Crippen LogP contribution in [0, 0.1) is 6.92 Å². The lowest BCUT2D eigenvalue weighted by molar-refractivity contribution is 0.180. The summed E-state index contributed by atoms with van der Waals surface area (Å²) in [5.74, 6) is 1.04. The summed E-state index contributed by atoms with van der Waals surface area (Å²) in [6.07, 6.45) is 2.54. The molecule has 2 aromatic heterocycles. The van der Waals surface area contributed by atoms with Crippen LogP contribution in [0.15, 0.2) is 52.3 Å². The Morgan fingerprint density at radius 1 is 0.970 bits per heavy atom. The molecule has 0 aliphatic carbocycles. The third kappa shape index (κ3) is 4.46. The largest absolute Gasteiger partial charge is 0.490 e. The van der Waals surface area contributed by atoms with Crippen LogP contribution in [0.3, 0.4) is 0 Å². The molecule has 4 heterocycles. The van der Waals surface area contributed by atoms with Crippen molar-refractivity contribution in [3.63, 3.8) is 0 Å². The van der Waals surface area contributed by atoms with Crippen LogP contribution in [0.5, 0.6) is 11.5 Å². The predicted molar refractivity (Wildman–Crippen MR) is 122 cm³/mol. The van der Waals surface area contributed by atoms with E-state index >= 15 is 0 Å². The fraction of sp³-hybridized carbons (Fsp3) is 0.391. The Labute approximate surface area is 192 Å². The summed E-state index contributed by atoms with van der Waals surface area (Å²) in [6.45, 7) is 5.32. The maximum atomic E-state index is 13.2. The molecule has 9 nitrogen and oxygen atoms in total. The molecular formula is C23H26N4O5S. The van der Waals surface area contributed by atoms with Crippen LogP contribution in [0.25, 0.3) is 5.65 Å². The summed E-state index contributed by atoms with van der Waals surface area (Å²) < 4.78 is 40.7. The van der Waals surface area contributed by atoms with Crippen molar-refractivity contribution >= 4 is 15.7 Å². The van der Waals surface area contributed by atoms with E-state index in [-0.39, 0.29) is 10.5 Å². The molecular weight excluding hydrogens is 444 g/mol. The number of piperazine rings is 1. The van der Waals surface area contributed by atoms with E-state index in [0.717, 1.165) is 12.0 Å². The van der Waals surface area contributed by atoms with E-state index in [0.29, 0.717) is 68.8 Å². The second-order valence-corrected chi connectivity index (χ2v) is 10.3. The molecule has 1 saturated heterocycles. The zero-order chi connectivity index (χ0) is 23.0. The summed E-state index contributed by atoms with van der Waals surface area (Å²) in [7, 11) is -3.64.